The van der Waals surface area contributed by atoms with Crippen molar-refractivity contribution >= 4 is 23.1 Å². The highest BCUT2D eigenvalue weighted by Gasteiger charge is 2.47. The number of nitrogens with zero attached hydrogens (tertiary/aromatic N) is 2. The topological polar surface area (TPSA) is 79.7 Å². The van der Waals surface area contributed by atoms with Gasteiger partial charge < -0.3 is 9.84 Å². The van der Waals surface area contributed by atoms with Gasteiger partial charge in [0.1, 0.15) is 11.5 Å². The molecule has 30 heavy (non-hydrogen) atoms. The van der Waals surface area contributed by atoms with Crippen molar-refractivity contribution in [1.82, 2.24) is 4.98 Å². The van der Waals surface area contributed by atoms with Gasteiger partial charge in [-0.05, 0) is 36.8 Å². The second kappa shape index (κ2) is 7.83. The average molecular weight is 400 g/mol. The quantitative estimate of drug-likeness (QED) is 0.406. The molecule has 1 N–H and O–H groups in total. The van der Waals surface area contributed by atoms with Crippen molar-refractivity contribution in [3.63, 3.8) is 0 Å². The van der Waals surface area contributed by atoms with Gasteiger partial charge >= 0.3 is 0 Å². The van der Waals surface area contributed by atoms with Gasteiger partial charge in [0.15, 0.2) is 0 Å². The fourth-order valence-corrected chi connectivity index (χ4v) is 3.59. The molecule has 4 rings (SSSR count). The summed E-state index contributed by atoms with van der Waals surface area (Å²) in [5.41, 5.74) is 2.63. The third-order valence-corrected chi connectivity index (χ3v) is 5.10. The number of hydrogen-bond donors (Lipinski definition) is 1. The summed E-state index contributed by atoms with van der Waals surface area (Å²) in [6.45, 7) is 1.93. The van der Waals surface area contributed by atoms with Crippen LogP contribution in [0.4, 0.5) is 5.69 Å². The van der Waals surface area contributed by atoms with Gasteiger partial charge in [-0.3, -0.25) is 19.5 Å². The number of anilines is 1. The predicted octanol–water partition coefficient (Wildman–Crippen LogP) is 4.02. The maximum atomic E-state index is 13.0. The van der Waals surface area contributed by atoms with E-state index in [0.717, 1.165) is 5.56 Å². The van der Waals surface area contributed by atoms with Gasteiger partial charge in [-0.15, -0.1) is 0 Å². The molecule has 6 nitrogen and oxygen atoms in total. The van der Waals surface area contributed by atoms with Crippen molar-refractivity contribution in [3.05, 3.63) is 95.3 Å². The van der Waals surface area contributed by atoms with E-state index in [0.29, 0.717) is 22.6 Å². The monoisotopic (exact) mass is 400 g/mol. The lowest BCUT2D eigenvalue weighted by molar-refractivity contribution is -0.132. The van der Waals surface area contributed by atoms with Gasteiger partial charge in [0, 0.05) is 11.8 Å². The van der Waals surface area contributed by atoms with Crippen LogP contribution in [0.25, 0.3) is 5.76 Å². The molecular weight excluding hydrogens is 380 g/mol. The second-order valence-corrected chi connectivity index (χ2v) is 7.02. The number of rotatable bonds is 4. The number of amides is 1. The summed E-state index contributed by atoms with van der Waals surface area (Å²) < 4.78 is 5.32. The van der Waals surface area contributed by atoms with Crippen LogP contribution in [0.1, 0.15) is 22.7 Å². The number of aryl methyl sites for hydroxylation is 1. The summed E-state index contributed by atoms with van der Waals surface area (Å²) >= 11 is 0. The number of ketones is 1. The normalized spacial score (nSPS) is 17.9. The number of hydrogen-bond acceptors (Lipinski definition) is 5. The smallest absolute Gasteiger partial charge is 0.300 e. The van der Waals surface area contributed by atoms with Crippen LogP contribution in [-0.2, 0) is 9.59 Å². The first-order chi connectivity index (χ1) is 14.5. The Kier molecular flexibility index (Phi) is 5.06. The second-order valence-electron chi connectivity index (χ2n) is 7.02. The summed E-state index contributed by atoms with van der Waals surface area (Å²) in [4.78, 5) is 31.5. The van der Waals surface area contributed by atoms with Crippen LogP contribution >= 0.6 is 0 Å². The molecule has 2 aromatic carbocycles. The van der Waals surface area contributed by atoms with Gasteiger partial charge in [-0.2, -0.15) is 0 Å². The summed E-state index contributed by atoms with van der Waals surface area (Å²) in [7, 11) is 1.55. The molecule has 3 aromatic rings. The maximum Gasteiger partial charge on any atom is 0.300 e. The molecule has 1 aliphatic heterocycles. The summed E-state index contributed by atoms with van der Waals surface area (Å²) in [6, 6.07) is 16.8. The fraction of sp³-hybridized carbons (Fsp3) is 0.125. The number of aromatic nitrogens is 1. The Morgan fingerprint density at radius 3 is 2.50 bits per heavy atom. The first-order valence-corrected chi connectivity index (χ1v) is 9.43. The van der Waals surface area contributed by atoms with E-state index < -0.39 is 17.7 Å². The van der Waals surface area contributed by atoms with Crippen molar-refractivity contribution in [1.29, 1.82) is 0 Å². The molecule has 0 radical (unpaired) electrons. The minimum atomic E-state index is -0.814. The minimum Gasteiger partial charge on any atom is -0.507 e. The van der Waals surface area contributed by atoms with E-state index in [9.17, 15) is 14.7 Å². The highest BCUT2D eigenvalue weighted by molar-refractivity contribution is 6.51. The van der Waals surface area contributed by atoms with E-state index in [1.54, 1.807) is 61.8 Å². The number of ether oxygens (including phenoxy) is 1. The first kappa shape index (κ1) is 19.4. The molecule has 1 unspecified atom stereocenters. The number of carbonyl (C=O) groups is 2. The molecule has 1 atom stereocenters. The van der Waals surface area contributed by atoms with Crippen molar-refractivity contribution in [3.8, 4) is 5.75 Å². The standard InChI is InChI=1S/C24H20N2O4/c1-15-8-10-16(11-9-15)22(27)20-21(17-5-3-7-19(13-17)30-2)26(24(29)23(20)28)18-6-4-12-25-14-18/h3-14,21,27H,1-2H3. The van der Waals surface area contributed by atoms with E-state index >= 15 is 0 Å². The third kappa shape index (κ3) is 3.33. The van der Waals surface area contributed by atoms with Gasteiger partial charge in [0.05, 0.1) is 30.6 Å². The molecule has 6 heteroatoms. The van der Waals surface area contributed by atoms with E-state index in [-0.39, 0.29) is 11.3 Å². The zero-order valence-corrected chi connectivity index (χ0v) is 16.6. The molecule has 1 amide bonds. The number of pyridine rings is 1. The van der Waals surface area contributed by atoms with Gasteiger partial charge in [0.2, 0.25) is 0 Å². The zero-order valence-electron chi connectivity index (χ0n) is 16.6. The predicted molar refractivity (Wildman–Crippen MR) is 113 cm³/mol. The number of methoxy groups -OCH3 is 1. The molecule has 2 heterocycles. The number of benzene rings is 2. The largest absolute Gasteiger partial charge is 0.507 e. The lowest BCUT2D eigenvalue weighted by Gasteiger charge is -2.25. The number of aliphatic hydroxyl groups is 1. The molecule has 0 aliphatic carbocycles. The summed E-state index contributed by atoms with van der Waals surface area (Å²) in [6.07, 6.45) is 3.11. The van der Waals surface area contributed by atoms with E-state index in [2.05, 4.69) is 4.98 Å². The van der Waals surface area contributed by atoms with Gasteiger partial charge in [0.25, 0.3) is 11.7 Å². The molecule has 150 valence electrons. The maximum absolute atomic E-state index is 13.0. The van der Waals surface area contributed by atoms with Crippen molar-refractivity contribution < 1.29 is 19.4 Å². The van der Waals surface area contributed by atoms with E-state index in [1.807, 2.05) is 19.1 Å². The van der Waals surface area contributed by atoms with Crippen molar-refractivity contribution in [2.75, 3.05) is 12.0 Å². The van der Waals surface area contributed by atoms with Gasteiger partial charge in [-0.25, -0.2) is 0 Å². The third-order valence-electron chi connectivity index (χ3n) is 5.10. The Morgan fingerprint density at radius 1 is 1.07 bits per heavy atom. The average Bonchev–Trinajstić information content (AvgIpc) is 3.05. The number of carbonyl (C=O) groups excluding carboxylic acids is 2. The number of aliphatic hydroxyl groups excluding tert-OH is 1. The molecule has 0 spiro atoms. The van der Waals surface area contributed by atoms with Gasteiger partial charge in [-0.1, -0.05) is 42.0 Å². The van der Waals surface area contributed by atoms with Crippen LogP contribution < -0.4 is 9.64 Å². The Balaban J connectivity index is 1.95. The zero-order chi connectivity index (χ0) is 21.3. The molecule has 0 saturated carbocycles. The lowest BCUT2D eigenvalue weighted by atomic mass is 9.95. The first-order valence-electron chi connectivity index (χ1n) is 9.43. The Bertz CT molecular complexity index is 1140. The van der Waals surface area contributed by atoms with E-state index in [1.165, 1.54) is 11.1 Å². The Labute approximate surface area is 174 Å². The molecule has 1 saturated heterocycles. The lowest BCUT2D eigenvalue weighted by Crippen LogP contribution is -2.29. The fourth-order valence-electron chi connectivity index (χ4n) is 3.59. The SMILES string of the molecule is COc1cccc(C2C(=C(O)c3ccc(C)cc3)C(=O)C(=O)N2c2cccnc2)c1. The molecule has 0 bridgehead atoms. The number of Topliss-reactive ketones (excluding diaryl/α,β-unsaturated/α-hetero) is 1. The van der Waals surface area contributed by atoms with Crippen LogP contribution in [0.15, 0.2) is 78.6 Å². The Hall–Kier alpha value is -3.93. The van der Waals surface area contributed by atoms with Crippen molar-refractivity contribution in [2.45, 2.75) is 13.0 Å². The van der Waals surface area contributed by atoms with Crippen LogP contribution in [-0.4, -0.2) is 28.9 Å². The van der Waals surface area contributed by atoms with Crippen molar-refractivity contribution in [2.24, 2.45) is 0 Å². The van der Waals surface area contributed by atoms with Crippen LogP contribution in [0.3, 0.4) is 0 Å². The molecule has 1 aliphatic rings. The van der Waals surface area contributed by atoms with E-state index in [4.69, 9.17) is 4.74 Å². The Morgan fingerprint density at radius 2 is 1.83 bits per heavy atom. The van der Waals surface area contributed by atoms with Crippen LogP contribution in [0.2, 0.25) is 0 Å². The highest BCUT2D eigenvalue weighted by atomic mass is 16.5. The summed E-state index contributed by atoms with van der Waals surface area (Å²) in [5.74, 6) is -1.10. The minimum absolute atomic E-state index is 0.0287. The summed E-state index contributed by atoms with van der Waals surface area (Å²) in [5, 5.41) is 11.1. The van der Waals surface area contributed by atoms with Crippen LogP contribution in [0, 0.1) is 6.92 Å². The highest BCUT2D eigenvalue weighted by Crippen LogP contribution is 2.42. The molecule has 1 fully saturated rings. The van der Waals surface area contributed by atoms with Crippen LogP contribution in [0.5, 0.6) is 5.75 Å². The molecule has 1 aromatic heterocycles. The molecular formula is C24H20N2O4.